The van der Waals surface area contributed by atoms with Crippen LogP contribution in [0.2, 0.25) is 0 Å². The molecule has 146 valence electrons. The largest absolute Gasteiger partial charge is 0.489 e. The summed E-state index contributed by atoms with van der Waals surface area (Å²) in [5.41, 5.74) is 7.75. The summed E-state index contributed by atoms with van der Waals surface area (Å²) in [4.78, 5) is 19.5. The van der Waals surface area contributed by atoms with Crippen molar-refractivity contribution in [1.82, 2.24) is 4.98 Å². The molecule has 1 atom stereocenters. The van der Waals surface area contributed by atoms with Crippen molar-refractivity contribution in [3.8, 4) is 11.8 Å². The summed E-state index contributed by atoms with van der Waals surface area (Å²) in [6.45, 7) is 1.66. The van der Waals surface area contributed by atoms with Crippen LogP contribution in [-0.4, -0.2) is 60.7 Å². The topological polar surface area (TPSA) is 120 Å². The van der Waals surface area contributed by atoms with Gasteiger partial charge in [0.25, 0.3) is 5.91 Å². The SMILES string of the molecule is COCCOCCOc1c(C#N)cnc2ccc(/C=S3/CC(=O)N=C3N)cc12. The minimum Gasteiger partial charge on any atom is -0.489 e. The lowest BCUT2D eigenvalue weighted by Crippen LogP contribution is -2.11. The molecule has 0 spiro atoms. The average molecular weight is 400 g/mol. The van der Waals surface area contributed by atoms with Crippen molar-refractivity contribution in [3.63, 3.8) is 0 Å². The van der Waals surface area contributed by atoms with Crippen molar-refractivity contribution in [2.75, 3.05) is 39.3 Å². The van der Waals surface area contributed by atoms with Crippen LogP contribution in [0, 0.1) is 11.3 Å². The number of benzene rings is 1. The fourth-order valence-corrected chi connectivity index (χ4v) is 4.01. The van der Waals surface area contributed by atoms with Gasteiger partial charge in [-0.3, -0.25) is 9.78 Å². The zero-order valence-electron chi connectivity index (χ0n) is 15.4. The van der Waals surface area contributed by atoms with E-state index >= 15 is 0 Å². The molecule has 3 rings (SSSR count). The molecule has 1 aromatic carbocycles. The summed E-state index contributed by atoms with van der Waals surface area (Å²) in [6, 6.07) is 7.73. The van der Waals surface area contributed by atoms with Crippen LogP contribution >= 0.6 is 10.5 Å². The van der Waals surface area contributed by atoms with Gasteiger partial charge in [0.1, 0.15) is 24.0 Å². The molecule has 1 aliphatic rings. The fourth-order valence-electron chi connectivity index (χ4n) is 2.63. The van der Waals surface area contributed by atoms with Crippen LogP contribution in [0.4, 0.5) is 0 Å². The number of carbonyl (C=O) groups excluding carboxylic acids is 1. The number of nitrogens with two attached hydrogens (primary N) is 1. The molecule has 0 radical (unpaired) electrons. The number of hydrogen-bond donors (Lipinski definition) is 1. The van der Waals surface area contributed by atoms with E-state index in [1.807, 2.05) is 23.6 Å². The van der Waals surface area contributed by atoms with Gasteiger partial charge in [-0.05, 0) is 23.1 Å². The monoisotopic (exact) mass is 400 g/mol. The summed E-state index contributed by atoms with van der Waals surface area (Å²) < 4.78 is 16.2. The molecule has 2 aromatic rings. The molecule has 0 saturated carbocycles. The molecule has 1 aliphatic heterocycles. The fraction of sp³-hybridized carbons (Fsp3) is 0.316. The molecule has 9 heteroatoms. The van der Waals surface area contributed by atoms with Crippen molar-refractivity contribution < 1.29 is 19.0 Å². The Balaban J connectivity index is 1.86. The number of nitriles is 1. The van der Waals surface area contributed by atoms with Gasteiger partial charge in [0.15, 0.2) is 5.17 Å². The highest BCUT2D eigenvalue weighted by molar-refractivity contribution is 8.28. The number of pyridine rings is 1. The Morgan fingerprint density at radius 1 is 1.32 bits per heavy atom. The molecule has 2 heterocycles. The summed E-state index contributed by atoms with van der Waals surface area (Å²) in [5.74, 6) is 0.553. The van der Waals surface area contributed by atoms with E-state index < -0.39 is 10.5 Å². The van der Waals surface area contributed by atoms with Crippen LogP contribution in [0.1, 0.15) is 11.1 Å². The second kappa shape index (κ2) is 9.41. The minimum absolute atomic E-state index is 0.205. The predicted octanol–water partition coefficient (Wildman–Crippen LogP) is 1.42. The predicted molar refractivity (Wildman–Crippen MR) is 109 cm³/mol. The number of fused-ring (bicyclic) bond motifs is 1. The second-order valence-corrected chi connectivity index (χ2v) is 7.68. The zero-order valence-corrected chi connectivity index (χ0v) is 16.2. The number of amides is 1. The Kier molecular flexibility index (Phi) is 6.71. The summed E-state index contributed by atoms with van der Waals surface area (Å²) in [5, 5.41) is 12.4. The molecule has 8 nitrogen and oxygen atoms in total. The number of ether oxygens (including phenoxy) is 3. The number of carbonyl (C=O) groups is 1. The molecule has 0 aliphatic carbocycles. The molecular weight excluding hydrogens is 380 g/mol. The van der Waals surface area contributed by atoms with Crippen LogP contribution in [0.5, 0.6) is 5.75 Å². The van der Waals surface area contributed by atoms with Crippen LogP contribution < -0.4 is 10.5 Å². The molecule has 1 aromatic heterocycles. The van der Waals surface area contributed by atoms with Crippen LogP contribution in [0.15, 0.2) is 29.4 Å². The van der Waals surface area contributed by atoms with Crippen molar-refractivity contribution in [1.29, 1.82) is 5.26 Å². The van der Waals surface area contributed by atoms with E-state index in [1.54, 1.807) is 7.11 Å². The highest BCUT2D eigenvalue weighted by Gasteiger charge is 2.17. The Morgan fingerprint density at radius 2 is 2.14 bits per heavy atom. The summed E-state index contributed by atoms with van der Waals surface area (Å²) in [7, 11) is 1.08. The first kappa shape index (κ1) is 19.9. The first-order chi connectivity index (χ1) is 13.6. The van der Waals surface area contributed by atoms with Crippen molar-refractivity contribution in [2.24, 2.45) is 10.7 Å². The standard InChI is InChI=1S/C19H20N4O4S/c1-25-4-5-26-6-7-27-18-14(9-20)10-22-16-3-2-13(8-15(16)18)11-28-12-17(24)23-19(28)21/h2-3,8,10-11H,4-7,12H2,1H3,(H2,21,23,24). The smallest absolute Gasteiger partial charge is 0.258 e. The number of amidine groups is 1. The van der Waals surface area contributed by atoms with Gasteiger partial charge in [-0.1, -0.05) is 6.07 Å². The Hall–Kier alpha value is -2.80. The van der Waals surface area contributed by atoms with Gasteiger partial charge >= 0.3 is 0 Å². The van der Waals surface area contributed by atoms with Crippen LogP contribution in [0.3, 0.4) is 0 Å². The van der Waals surface area contributed by atoms with Gasteiger partial charge in [0, 0.05) is 18.7 Å². The maximum atomic E-state index is 11.5. The third-order valence-corrected chi connectivity index (χ3v) is 5.67. The molecule has 0 saturated heterocycles. The molecule has 1 amide bonds. The van der Waals surface area contributed by atoms with E-state index in [0.717, 1.165) is 5.56 Å². The molecular formula is C19H20N4O4S. The van der Waals surface area contributed by atoms with Crippen molar-refractivity contribution >= 4 is 37.8 Å². The van der Waals surface area contributed by atoms with E-state index in [4.69, 9.17) is 19.9 Å². The van der Waals surface area contributed by atoms with E-state index in [9.17, 15) is 10.1 Å². The van der Waals surface area contributed by atoms with Gasteiger partial charge < -0.3 is 19.9 Å². The zero-order chi connectivity index (χ0) is 19.9. The minimum atomic E-state index is -0.525. The van der Waals surface area contributed by atoms with E-state index in [2.05, 4.69) is 16.0 Å². The first-order valence-corrected chi connectivity index (χ1v) is 10.0. The van der Waals surface area contributed by atoms with Crippen molar-refractivity contribution in [3.05, 3.63) is 35.5 Å². The normalized spacial score (nSPS) is 16.4. The maximum Gasteiger partial charge on any atom is 0.258 e. The number of aliphatic imine (C=N–C) groups is 1. The lowest BCUT2D eigenvalue weighted by molar-refractivity contribution is -0.115. The Labute approximate surface area is 164 Å². The maximum absolute atomic E-state index is 11.5. The number of methoxy groups -OCH3 is 1. The van der Waals surface area contributed by atoms with Gasteiger partial charge in [-0.15, -0.1) is 10.5 Å². The van der Waals surface area contributed by atoms with Crippen LogP contribution in [0.25, 0.3) is 10.9 Å². The first-order valence-electron chi connectivity index (χ1n) is 8.56. The Bertz CT molecular complexity index is 997. The molecule has 0 bridgehead atoms. The van der Waals surface area contributed by atoms with Crippen LogP contribution in [-0.2, 0) is 14.3 Å². The highest BCUT2D eigenvalue weighted by Crippen LogP contribution is 2.29. The number of nitrogens with zero attached hydrogens (tertiary/aromatic N) is 3. The molecule has 0 fully saturated rings. The van der Waals surface area contributed by atoms with Gasteiger partial charge in [-0.25, -0.2) is 0 Å². The molecule has 2 N–H and O–H groups in total. The summed E-state index contributed by atoms with van der Waals surface area (Å²) in [6.07, 6.45) is 1.49. The quantitative estimate of drug-likeness (QED) is 0.525. The number of aromatic nitrogens is 1. The van der Waals surface area contributed by atoms with E-state index in [-0.39, 0.29) is 5.91 Å². The van der Waals surface area contributed by atoms with E-state index in [1.165, 1.54) is 6.20 Å². The average Bonchev–Trinajstić information content (AvgIpc) is 3.01. The Morgan fingerprint density at radius 3 is 2.86 bits per heavy atom. The lowest BCUT2D eigenvalue weighted by Gasteiger charge is -2.12. The third kappa shape index (κ3) is 4.72. The van der Waals surface area contributed by atoms with E-state index in [0.29, 0.717) is 59.6 Å². The molecule has 28 heavy (non-hydrogen) atoms. The van der Waals surface area contributed by atoms with Crippen molar-refractivity contribution in [2.45, 2.75) is 0 Å². The number of hydrogen-bond acceptors (Lipinski definition) is 7. The second-order valence-electron chi connectivity index (χ2n) is 5.88. The van der Waals surface area contributed by atoms with Gasteiger partial charge in [0.05, 0.1) is 31.1 Å². The molecule has 1 unspecified atom stereocenters. The summed E-state index contributed by atoms with van der Waals surface area (Å²) >= 11 is 0. The number of rotatable bonds is 8. The highest BCUT2D eigenvalue weighted by atomic mass is 32.2. The lowest BCUT2D eigenvalue weighted by atomic mass is 10.1. The van der Waals surface area contributed by atoms with Gasteiger partial charge in [-0.2, -0.15) is 10.3 Å². The third-order valence-electron chi connectivity index (χ3n) is 3.93. The van der Waals surface area contributed by atoms with Gasteiger partial charge in [0.2, 0.25) is 0 Å².